The van der Waals surface area contributed by atoms with Crippen molar-refractivity contribution in [3.05, 3.63) is 94.7 Å². The van der Waals surface area contributed by atoms with Gasteiger partial charge in [0.15, 0.2) is 0 Å². The number of hydrogen-bond donors (Lipinski definition) is 1. The van der Waals surface area contributed by atoms with Crippen molar-refractivity contribution in [3.8, 4) is 0 Å². The number of sulfonamides is 1. The summed E-state index contributed by atoms with van der Waals surface area (Å²) in [7, 11) is -3.78. The maximum Gasteiger partial charge on any atom is 0.336 e. The summed E-state index contributed by atoms with van der Waals surface area (Å²) in [5.41, 5.74) is 1.61. The van der Waals surface area contributed by atoms with E-state index in [1.807, 2.05) is 6.07 Å². The van der Waals surface area contributed by atoms with Gasteiger partial charge in [0.25, 0.3) is 0 Å². The molecular weight excluding hydrogens is 471 g/mol. The van der Waals surface area contributed by atoms with E-state index in [2.05, 4.69) is 19.5 Å². The minimum absolute atomic E-state index is 0.0880. The maximum atomic E-state index is 13.2. The van der Waals surface area contributed by atoms with Gasteiger partial charge in [0.2, 0.25) is 10.0 Å². The van der Waals surface area contributed by atoms with Crippen LogP contribution in [0.15, 0.2) is 87.0 Å². The van der Waals surface area contributed by atoms with E-state index in [1.165, 1.54) is 42.5 Å². The molecule has 35 heavy (non-hydrogen) atoms. The molecule has 1 N–H and O–H groups in total. The fraction of sp³-hybridized carbons (Fsp3) is 0.200. The Balaban J connectivity index is 1.23. The van der Waals surface area contributed by atoms with Gasteiger partial charge in [-0.2, -0.15) is 0 Å². The van der Waals surface area contributed by atoms with Crippen LogP contribution in [0.5, 0.6) is 0 Å². The van der Waals surface area contributed by atoms with Gasteiger partial charge in [-0.05, 0) is 66.2 Å². The van der Waals surface area contributed by atoms with Crippen molar-refractivity contribution in [1.82, 2.24) is 9.71 Å². The van der Waals surface area contributed by atoms with Crippen LogP contribution in [0.4, 0.5) is 15.9 Å². The number of pyridine rings is 1. The monoisotopic (exact) mass is 494 g/mol. The molecule has 5 rings (SSSR count). The zero-order chi connectivity index (χ0) is 24.4. The van der Waals surface area contributed by atoms with Crippen molar-refractivity contribution in [2.45, 2.75) is 11.4 Å². The van der Waals surface area contributed by atoms with Crippen molar-refractivity contribution in [2.75, 3.05) is 36.0 Å². The van der Waals surface area contributed by atoms with Crippen LogP contribution in [0.1, 0.15) is 5.56 Å². The zero-order valence-electron chi connectivity index (χ0n) is 18.7. The quantitative estimate of drug-likeness (QED) is 0.412. The summed E-state index contributed by atoms with van der Waals surface area (Å²) in [6.45, 7) is 3.13. The molecule has 0 radical (unpaired) electrons. The molecule has 0 spiro atoms. The first kappa shape index (κ1) is 23.0. The van der Waals surface area contributed by atoms with Gasteiger partial charge >= 0.3 is 5.63 Å². The normalized spacial score (nSPS) is 14.4. The Labute approximate surface area is 201 Å². The molecule has 2 aromatic carbocycles. The van der Waals surface area contributed by atoms with Crippen LogP contribution >= 0.6 is 0 Å². The second-order valence-electron chi connectivity index (χ2n) is 8.25. The summed E-state index contributed by atoms with van der Waals surface area (Å²) in [6, 6.07) is 17.3. The molecule has 1 aliphatic heterocycles. The topological polar surface area (TPSA) is 95.7 Å². The largest absolute Gasteiger partial charge is 0.423 e. The molecule has 0 bridgehead atoms. The van der Waals surface area contributed by atoms with Gasteiger partial charge in [0.1, 0.15) is 17.2 Å². The van der Waals surface area contributed by atoms with Gasteiger partial charge in [-0.3, -0.25) is 0 Å². The van der Waals surface area contributed by atoms with Crippen molar-refractivity contribution < 1.29 is 17.2 Å². The average Bonchev–Trinajstić information content (AvgIpc) is 2.88. The molecule has 0 amide bonds. The van der Waals surface area contributed by atoms with Gasteiger partial charge < -0.3 is 14.2 Å². The Morgan fingerprint density at radius 2 is 1.66 bits per heavy atom. The average molecular weight is 495 g/mol. The lowest BCUT2D eigenvalue weighted by atomic mass is 10.2. The fourth-order valence-corrected chi connectivity index (χ4v) is 5.12. The summed E-state index contributed by atoms with van der Waals surface area (Å²) in [5.74, 6) is 0.527. The Morgan fingerprint density at radius 3 is 2.43 bits per heavy atom. The van der Waals surface area contributed by atoms with Gasteiger partial charge in [-0.1, -0.05) is 0 Å². The third kappa shape index (κ3) is 5.18. The Hall–Kier alpha value is -3.76. The lowest BCUT2D eigenvalue weighted by Gasteiger charge is -2.36. The number of anilines is 2. The van der Waals surface area contributed by atoms with Crippen LogP contribution in [-0.2, 0) is 16.6 Å². The number of nitrogens with zero attached hydrogens (tertiary/aromatic N) is 3. The number of aromatic nitrogens is 1. The summed E-state index contributed by atoms with van der Waals surface area (Å²) in [4.78, 5) is 20.2. The molecule has 0 saturated carbocycles. The number of nitrogens with one attached hydrogen (secondary N) is 1. The van der Waals surface area contributed by atoms with Crippen molar-refractivity contribution in [3.63, 3.8) is 0 Å². The van der Waals surface area contributed by atoms with E-state index < -0.39 is 15.6 Å². The summed E-state index contributed by atoms with van der Waals surface area (Å²) in [6.07, 6.45) is 1.67. The number of rotatable bonds is 6. The molecule has 4 aromatic rings. The van der Waals surface area contributed by atoms with Gasteiger partial charge in [-0.25, -0.2) is 27.3 Å². The van der Waals surface area contributed by atoms with Gasteiger partial charge in [0, 0.05) is 56.1 Å². The number of fused-ring (bicyclic) bond motifs is 1. The highest BCUT2D eigenvalue weighted by Crippen LogP contribution is 2.21. The van der Waals surface area contributed by atoms with E-state index in [0.29, 0.717) is 11.0 Å². The van der Waals surface area contributed by atoms with E-state index in [4.69, 9.17) is 4.42 Å². The van der Waals surface area contributed by atoms with E-state index in [0.717, 1.165) is 43.2 Å². The highest BCUT2D eigenvalue weighted by atomic mass is 32.2. The number of piperazine rings is 1. The first-order valence-electron chi connectivity index (χ1n) is 11.1. The van der Waals surface area contributed by atoms with E-state index in [9.17, 15) is 17.6 Å². The fourth-order valence-electron chi connectivity index (χ4n) is 4.07. The minimum atomic E-state index is -3.78. The number of halogens is 1. The Bertz CT molecular complexity index is 1510. The Kier molecular flexibility index (Phi) is 6.23. The standard InChI is InChI=1S/C25H23FN4O4S/c26-20-2-4-21(5-3-20)29-11-13-30(14-12-29)24-15-18(9-10-27-24)17-28-35(32,33)22-6-7-23-19(16-22)1-8-25(31)34-23/h1-10,15-16,28H,11-14,17H2. The van der Waals surface area contributed by atoms with Crippen molar-refractivity contribution >= 4 is 32.5 Å². The van der Waals surface area contributed by atoms with Crippen LogP contribution in [0.3, 0.4) is 0 Å². The molecule has 0 unspecified atom stereocenters. The maximum absolute atomic E-state index is 13.2. The zero-order valence-corrected chi connectivity index (χ0v) is 19.5. The molecule has 10 heteroatoms. The van der Waals surface area contributed by atoms with Crippen LogP contribution in [0.2, 0.25) is 0 Å². The van der Waals surface area contributed by atoms with Crippen molar-refractivity contribution in [1.29, 1.82) is 0 Å². The van der Waals surface area contributed by atoms with Crippen LogP contribution in [0.25, 0.3) is 11.0 Å². The highest BCUT2D eigenvalue weighted by Gasteiger charge is 2.19. The molecule has 8 nitrogen and oxygen atoms in total. The van der Waals surface area contributed by atoms with Crippen molar-refractivity contribution in [2.24, 2.45) is 0 Å². The molecule has 1 fully saturated rings. The molecular formula is C25H23FN4O4S. The number of benzene rings is 2. The lowest BCUT2D eigenvalue weighted by molar-refractivity contribution is 0.560. The summed E-state index contributed by atoms with van der Waals surface area (Å²) < 4.78 is 46.6. The molecule has 1 saturated heterocycles. The van der Waals surface area contributed by atoms with Gasteiger partial charge in [-0.15, -0.1) is 0 Å². The third-order valence-electron chi connectivity index (χ3n) is 5.97. The van der Waals surface area contributed by atoms with Crippen LogP contribution in [-0.4, -0.2) is 39.6 Å². The van der Waals surface area contributed by atoms with E-state index in [1.54, 1.807) is 24.4 Å². The Morgan fingerprint density at radius 1 is 0.914 bits per heavy atom. The molecule has 2 aromatic heterocycles. The predicted octanol–water partition coefficient (Wildman–Crippen LogP) is 3.13. The predicted molar refractivity (Wildman–Crippen MR) is 132 cm³/mol. The first-order chi connectivity index (χ1) is 16.9. The highest BCUT2D eigenvalue weighted by molar-refractivity contribution is 7.89. The second-order valence-corrected chi connectivity index (χ2v) is 10.0. The molecule has 0 atom stereocenters. The minimum Gasteiger partial charge on any atom is -0.423 e. The second kappa shape index (κ2) is 9.47. The van der Waals surface area contributed by atoms with Crippen LogP contribution in [0, 0.1) is 5.82 Å². The third-order valence-corrected chi connectivity index (χ3v) is 7.37. The summed E-state index contributed by atoms with van der Waals surface area (Å²) >= 11 is 0. The molecule has 180 valence electrons. The van der Waals surface area contributed by atoms with Gasteiger partial charge in [0.05, 0.1) is 4.90 Å². The lowest BCUT2D eigenvalue weighted by Crippen LogP contribution is -2.46. The number of hydrogen-bond acceptors (Lipinski definition) is 7. The molecule has 1 aliphatic rings. The first-order valence-corrected chi connectivity index (χ1v) is 12.6. The van der Waals surface area contributed by atoms with E-state index >= 15 is 0 Å². The van der Waals surface area contributed by atoms with Crippen LogP contribution < -0.4 is 20.1 Å². The molecule has 3 heterocycles. The smallest absolute Gasteiger partial charge is 0.336 e. The molecule has 0 aliphatic carbocycles. The van der Waals surface area contributed by atoms with E-state index in [-0.39, 0.29) is 17.3 Å². The SMILES string of the molecule is O=c1ccc2cc(S(=O)(=O)NCc3ccnc(N4CCN(c5ccc(F)cc5)CC4)c3)ccc2o1. The summed E-state index contributed by atoms with van der Waals surface area (Å²) in [5, 5.41) is 0.526.